The highest BCUT2D eigenvalue weighted by Crippen LogP contribution is 2.38. The van der Waals surface area contributed by atoms with Crippen molar-refractivity contribution in [2.45, 2.75) is 44.9 Å². The number of carbonyl (C=O) groups is 4. The number of aromatic carboxylic acids is 1. The van der Waals surface area contributed by atoms with E-state index in [0.29, 0.717) is 22.9 Å². The lowest BCUT2D eigenvalue weighted by atomic mass is 9.69. The zero-order valence-electron chi connectivity index (χ0n) is 22.1. The Morgan fingerprint density at radius 2 is 1.20 bits per heavy atom. The van der Waals surface area contributed by atoms with Crippen molar-refractivity contribution >= 4 is 34.9 Å². The summed E-state index contributed by atoms with van der Waals surface area (Å²) in [5, 5.41) is 15.0. The first-order valence-corrected chi connectivity index (χ1v) is 13.8. The summed E-state index contributed by atoms with van der Waals surface area (Å²) in [5.74, 6) is -0.667. The molecule has 206 valence electrons. The fraction of sp³-hybridized carbons (Fsp3) is 0.312. The second kappa shape index (κ2) is 12.2. The molecular formula is C32H32N2O6. The van der Waals surface area contributed by atoms with Gasteiger partial charge in [0, 0.05) is 29.1 Å². The van der Waals surface area contributed by atoms with Crippen LogP contribution in [0.5, 0.6) is 11.5 Å². The molecule has 3 aromatic carbocycles. The molecule has 2 unspecified atom stereocenters. The van der Waals surface area contributed by atoms with Crippen LogP contribution in [0.15, 0.2) is 72.8 Å². The first-order chi connectivity index (χ1) is 19.4. The van der Waals surface area contributed by atoms with Gasteiger partial charge in [0.15, 0.2) is 0 Å². The van der Waals surface area contributed by atoms with Crippen LogP contribution in [0.25, 0.3) is 0 Å². The van der Waals surface area contributed by atoms with E-state index in [2.05, 4.69) is 10.6 Å². The van der Waals surface area contributed by atoms with Gasteiger partial charge in [0.05, 0.1) is 11.1 Å². The maximum atomic E-state index is 13.1. The minimum atomic E-state index is -1.17. The van der Waals surface area contributed by atoms with E-state index in [1.54, 1.807) is 60.7 Å². The predicted molar refractivity (Wildman–Crippen MR) is 151 cm³/mol. The van der Waals surface area contributed by atoms with E-state index >= 15 is 0 Å². The van der Waals surface area contributed by atoms with Crippen LogP contribution < -0.4 is 15.4 Å². The van der Waals surface area contributed by atoms with Crippen molar-refractivity contribution in [1.82, 2.24) is 0 Å². The molecule has 2 amide bonds. The number of rotatable bonds is 9. The van der Waals surface area contributed by atoms with Crippen LogP contribution in [-0.4, -0.2) is 28.7 Å². The summed E-state index contributed by atoms with van der Waals surface area (Å²) in [5.41, 5.74) is 1.15. The zero-order valence-corrected chi connectivity index (χ0v) is 22.1. The number of hydrogen-bond acceptors (Lipinski definition) is 5. The van der Waals surface area contributed by atoms with E-state index in [0.717, 1.165) is 44.9 Å². The second-order valence-corrected chi connectivity index (χ2v) is 10.5. The number of carboxylic acid groups (broad SMARTS) is 1. The van der Waals surface area contributed by atoms with Gasteiger partial charge in [0.25, 0.3) is 5.91 Å². The first-order valence-electron chi connectivity index (χ1n) is 13.8. The number of amides is 2. The molecule has 0 saturated heterocycles. The van der Waals surface area contributed by atoms with Crippen LogP contribution in [0.4, 0.5) is 11.4 Å². The molecule has 3 N–H and O–H groups in total. The van der Waals surface area contributed by atoms with Gasteiger partial charge in [0.2, 0.25) is 5.91 Å². The molecule has 40 heavy (non-hydrogen) atoms. The predicted octanol–water partition coefficient (Wildman–Crippen LogP) is 6.54. The average molecular weight is 541 g/mol. The monoisotopic (exact) mass is 540 g/mol. The molecule has 0 heterocycles. The van der Waals surface area contributed by atoms with Gasteiger partial charge in [-0.2, -0.15) is 0 Å². The van der Waals surface area contributed by atoms with Gasteiger partial charge >= 0.3 is 5.97 Å². The van der Waals surface area contributed by atoms with E-state index in [9.17, 15) is 24.3 Å². The number of anilines is 2. The molecule has 0 bridgehead atoms. The summed E-state index contributed by atoms with van der Waals surface area (Å²) in [6.45, 7) is 0. The Balaban J connectivity index is 1.16. The minimum absolute atomic E-state index is 0.0692. The van der Waals surface area contributed by atoms with Crippen LogP contribution in [-0.2, 0) is 9.59 Å². The maximum Gasteiger partial charge on any atom is 0.336 e. The van der Waals surface area contributed by atoms with Gasteiger partial charge in [-0.05, 0) is 86.3 Å². The van der Waals surface area contributed by atoms with Crippen LogP contribution in [0.2, 0.25) is 0 Å². The molecule has 3 aromatic rings. The molecule has 5 rings (SSSR count). The Labute approximate surface area is 232 Å². The molecule has 8 nitrogen and oxygen atoms in total. The molecule has 0 radical (unpaired) electrons. The summed E-state index contributed by atoms with van der Waals surface area (Å²) in [4.78, 5) is 49.9. The van der Waals surface area contributed by atoms with Crippen molar-refractivity contribution in [2.75, 3.05) is 10.6 Å². The van der Waals surface area contributed by atoms with E-state index in [1.165, 1.54) is 12.1 Å². The fourth-order valence-electron chi connectivity index (χ4n) is 5.43. The van der Waals surface area contributed by atoms with E-state index < -0.39 is 11.9 Å². The lowest BCUT2D eigenvalue weighted by molar-refractivity contribution is -0.137. The zero-order chi connectivity index (χ0) is 28.1. The Kier molecular flexibility index (Phi) is 8.24. The average Bonchev–Trinajstić information content (AvgIpc) is 2.94. The fourth-order valence-corrected chi connectivity index (χ4v) is 5.43. The summed E-state index contributed by atoms with van der Waals surface area (Å²) in [6, 6.07) is 19.8. The lowest BCUT2D eigenvalue weighted by Gasteiger charge is -2.34. The molecule has 2 fully saturated rings. The number of Topliss-reactive ketones (excluding diaryl/α,β-unsaturated/α-hetero) is 1. The van der Waals surface area contributed by atoms with Gasteiger partial charge < -0.3 is 20.5 Å². The summed E-state index contributed by atoms with van der Waals surface area (Å²) < 4.78 is 5.90. The molecular weight excluding hydrogens is 508 g/mol. The number of carbonyl (C=O) groups excluding carboxylic acids is 3. The molecule has 2 atom stereocenters. The standard InChI is InChI=1S/C32H32N2O6/c35-29(20-6-5-7-20)25-8-1-2-9-26(25)30(36)33-21-12-16-23(17-13-21)40-24-18-14-22(15-19-24)34-31(37)27-10-3-4-11-28(27)32(38)39/h3-4,10-20,25-26H,1-2,5-9H2,(H,33,36)(H,34,37)(H,38,39). The van der Waals surface area contributed by atoms with Crippen molar-refractivity contribution in [3.8, 4) is 11.5 Å². The topological polar surface area (TPSA) is 122 Å². The molecule has 0 spiro atoms. The van der Waals surface area contributed by atoms with Crippen LogP contribution >= 0.6 is 0 Å². The van der Waals surface area contributed by atoms with Crippen molar-refractivity contribution in [3.05, 3.63) is 83.9 Å². The Hall–Kier alpha value is -4.46. The quantitative estimate of drug-likeness (QED) is 0.283. The number of ketones is 1. The summed E-state index contributed by atoms with van der Waals surface area (Å²) >= 11 is 0. The van der Waals surface area contributed by atoms with Crippen LogP contribution in [0.3, 0.4) is 0 Å². The minimum Gasteiger partial charge on any atom is -0.478 e. The van der Waals surface area contributed by atoms with Crippen molar-refractivity contribution in [3.63, 3.8) is 0 Å². The SMILES string of the molecule is O=C(O)c1ccccc1C(=O)Nc1ccc(Oc2ccc(NC(=O)C3CCCCC3C(=O)C3CCC3)cc2)cc1. The molecule has 0 aliphatic heterocycles. The maximum absolute atomic E-state index is 13.1. The Morgan fingerprint density at radius 3 is 1.75 bits per heavy atom. The second-order valence-electron chi connectivity index (χ2n) is 10.5. The van der Waals surface area contributed by atoms with Gasteiger partial charge in [-0.3, -0.25) is 14.4 Å². The van der Waals surface area contributed by atoms with Crippen LogP contribution in [0.1, 0.15) is 65.7 Å². The van der Waals surface area contributed by atoms with E-state index in [-0.39, 0.29) is 40.6 Å². The first kappa shape index (κ1) is 27.1. The molecule has 0 aromatic heterocycles. The number of carboxylic acids is 1. The van der Waals surface area contributed by atoms with Crippen LogP contribution in [0, 0.1) is 17.8 Å². The highest BCUT2D eigenvalue weighted by molar-refractivity contribution is 6.10. The van der Waals surface area contributed by atoms with Gasteiger partial charge in [-0.15, -0.1) is 0 Å². The normalized spacial score (nSPS) is 18.7. The lowest BCUT2D eigenvalue weighted by Crippen LogP contribution is -2.40. The molecule has 2 aliphatic carbocycles. The van der Waals surface area contributed by atoms with Crippen molar-refractivity contribution in [1.29, 1.82) is 0 Å². The molecule has 2 aliphatic rings. The third-order valence-corrected chi connectivity index (χ3v) is 7.85. The molecule has 2 saturated carbocycles. The summed E-state index contributed by atoms with van der Waals surface area (Å²) in [6.07, 6.45) is 6.56. The number of hydrogen-bond donors (Lipinski definition) is 3. The Morgan fingerprint density at radius 1 is 0.650 bits per heavy atom. The highest BCUT2D eigenvalue weighted by Gasteiger charge is 2.40. The van der Waals surface area contributed by atoms with Gasteiger partial charge in [0.1, 0.15) is 17.3 Å². The smallest absolute Gasteiger partial charge is 0.336 e. The summed E-state index contributed by atoms with van der Waals surface area (Å²) in [7, 11) is 0. The van der Waals surface area contributed by atoms with Crippen molar-refractivity contribution < 1.29 is 29.0 Å². The Bertz CT molecular complexity index is 1400. The van der Waals surface area contributed by atoms with E-state index in [1.807, 2.05) is 0 Å². The number of nitrogens with one attached hydrogen (secondary N) is 2. The molecule has 8 heteroatoms. The van der Waals surface area contributed by atoms with Crippen molar-refractivity contribution in [2.24, 2.45) is 17.8 Å². The third kappa shape index (κ3) is 6.22. The number of benzene rings is 3. The third-order valence-electron chi connectivity index (χ3n) is 7.85. The highest BCUT2D eigenvalue weighted by atomic mass is 16.5. The van der Waals surface area contributed by atoms with Gasteiger partial charge in [-0.25, -0.2) is 4.79 Å². The van der Waals surface area contributed by atoms with E-state index in [4.69, 9.17) is 4.74 Å². The van der Waals surface area contributed by atoms with Gasteiger partial charge in [-0.1, -0.05) is 31.4 Å². The largest absolute Gasteiger partial charge is 0.478 e. The number of ether oxygens (including phenoxy) is 1.